The van der Waals surface area contributed by atoms with E-state index in [1.807, 2.05) is 0 Å². The molecule has 0 saturated carbocycles. The molecule has 2 aromatic carbocycles. The van der Waals surface area contributed by atoms with Crippen LogP contribution in [0.3, 0.4) is 0 Å². The van der Waals surface area contributed by atoms with Crippen molar-refractivity contribution >= 4 is 5.69 Å². The predicted octanol–water partition coefficient (Wildman–Crippen LogP) is 4.77. The topological polar surface area (TPSA) is 42.7 Å². The molecule has 4 nitrogen and oxygen atoms in total. The maximum absolute atomic E-state index is 14.3. The first-order valence-electron chi connectivity index (χ1n) is 8.42. The van der Waals surface area contributed by atoms with Gasteiger partial charge in [-0.15, -0.1) is 0 Å². The molecule has 1 N–H and O–H groups in total. The lowest BCUT2D eigenvalue weighted by Gasteiger charge is -2.23. The van der Waals surface area contributed by atoms with Crippen molar-refractivity contribution in [1.82, 2.24) is 14.8 Å². The van der Waals surface area contributed by atoms with Crippen molar-refractivity contribution in [3.8, 4) is 0 Å². The van der Waals surface area contributed by atoms with Crippen LogP contribution in [0, 0.1) is 5.82 Å². The maximum Gasteiger partial charge on any atom is 0.412 e. The number of aromatic nitrogens is 3. The van der Waals surface area contributed by atoms with E-state index >= 15 is 0 Å². The van der Waals surface area contributed by atoms with Crippen LogP contribution in [0.15, 0.2) is 61.2 Å². The lowest BCUT2D eigenvalue weighted by atomic mass is 10.0. The lowest BCUT2D eigenvalue weighted by molar-refractivity contribution is -0.144. The van der Waals surface area contributed by atoms with Crippen molar-refractivity contribution in [3.05, 3.63) is 78.1 Å². The molecule has 0 aliphatic rings. The molecule has 0 aliphatic carbocycles. The third-order valence-electron chi connectivity index (χ3n) is 4.12. The number of halogens is 4. The fourth-order valence-corrected chi connectivity index (χ4v) is 2.79. The van der Waals surface area contributed by atoms with Gasteiger partial charge in [-0.2, -0.15) is 18.3 Å². The lowest BCUT2D eigenvalue weighted by Crippen LogP contribution is -2.27. The number of anilines is 1. The molecule has 8 heteroatoms. The summed E-state index contributed by atoms with van der Waals surface area (Å²) in [6, 6.07) is 9.67. The van der Waals surface area contributed by atoms with Gasteiger partial charge in [0.25, 0.3) is 0 Å². The Morgan fingerprint density at radius 3 is 2.48 bits per heavy atom. The number of rotatable bonds is 7. The zero-order valence-corrected chi connectivity index (χ0v) is 14.3. The summed E-state index contributed by atoms with van der Waals surface area (Å²) in [5, 5.41) is 6.36. The van der Waals surface area contributed by atoms with Gasteiger partial charge >= 0.3 is 6.18 Å². The van der Waals surface area contributed by atoms with E-state index in [9.17, 15) is 17.6 Å². The van der Waals surface area contributed by atoms with E-state index < -0.39 is 18.0 Å². The average molecular weight is 378 g/mol. The minimum atomic E-state index is -4.51. The quantitative estimate of drug-likeness (QED) is 0.603. The standard InChI is InChI=1S/C19H18F4N4/c20-17-11-16(9-8-14(17)7-4-10-27-13-24-12-25-27)26-18(19(21,22)23)15-5-2-1-3-6-15/h1-3,5-6,8-9,11-13,18,26H,4,7,10H2. The number of alkyl halides is 3. The van der Waals surface area contributed by atoms with Gasteiger partial charge in [-0.1, -0.05) is 36.4 Å². The third-order valence-corrected chi connectivity index (χ3v) is 4.12. The summed E-state index contributed by atoms with van der Waals surface area (Å²) in [5.74, 6) is -0.535. The van der Waals surface area contributed by atoms with E-state index in [-0.39, 0.29) is 11.3 Å². The highest BCUT2D eigenvalue weighted by Crippen LogP contribution is 2.35. The van der Waals surface area contributed by atoms with Crippen molar-refractivity contribution in [2.24, 2.45) is 0 Å². The Morgan fingerprint density at radius 2 is 1.85 bits per heavy atom. The SMILES string of the molecule is Fc1cc(NC(c2ccccc2)C(F)(F)F)ccc1CCCn1cncn1. The number of aryl methyl sites for hydroxylation is 2. The molecule has 0 spiro atoms. The van der Waals surface area contributed by atoms with Gasteiger partial charge in [0.15, 0.2) is 0 Å². The van der Waals surface area contributed by atoms with Crippen LogP contribution in [0.2, 0.25) is 0 Å². The molecule has 142 valence electrons. The second-order valence-electron chi connectivity index (χ2n) is 6.10. The normalized spacial score (nSPS) is 12.7. The Balaban J connectivity index is 1.68. The number of benzene rings is 2. The molecular weight excluding hydrogens is 360 g/mol. The van der Waals surface area contributed by atoms with Crippen LogP contribution in [0.1, 0.15) is 23.6 Å². The highest BCUT2D eigenvalue weighted by atomic mass is 19.4. The molecule has 1 heterocycles. The highest BCUT2D eigenvalue weighted by molar-refractivity contribution is 5.48. The Kier molecular flexibility index (Phi) is 5.73. The predicted molar refractivity (Wildman–Crippen MR) is 93.6 cm³/mol. The van der Waals surface area contributed by atoms with Gasteiger partial charge in [0, 0.05) is 12.2 Å². The second kappa shape index (κ2) is 8.20. The largest absolute Gasteiger partial charge is 0.412 e. The van der Waals surface area contributed by atoms with Crippen LogP contribution >= 0.6 is 0 Å². The van der Waals surface area contributed by atoms with Gasteiger partial charge in [-0.25, -0.2) is 9.37 Å². The molecular formula is C19H18F4N4. The second-order valence-corrected chi connectivity index (χ2v) is 6.10. The summed E-state index contributed by atoms with van der Waals surface area (Å²) >= 11 is 0. The molecule has 3 rings (SSSR count). The highest BCUT2D eigenvalue weighted by Gasteiger charge is 2.40. The molecule has 0 aliphatic heterocycles. The van der Waals surface area contributed by atoms with Gasteiger partial charge in [-0.3, -0.25) is 4.68 Å². The summed E-state index contributed by atoms with van der Waals surface area (Å²) < 4.78 is 56.2. The van der Waals surface area contributed by atoms with Crippen LogP contribution < -0.4 is 5.32 Å². The summed E-state index contributed by atoms with van der Waals surface area (Å²) in [5.41, 5.74) is 0.602. The number of nitrogens with zero attached hydrogens (tertiary/aromatic N) is 3. The van der Waals surface area contributed by atoms with E-state index in [1.54, 1.807) is 17.1 Å². The van der Waals surface area contributed by atoms with E-state index in [2.05, 4.69) is 15.4 Å². The van der Waals surface area contributed by atoms with E-state index in [0.717, 1.165) is 6.07 Å². The van der Waals surface area contributed by atoms with E-state index in [4.69, 9.17) is 0 Å². The van der Waals surface area contributed by atoms with Crippen molar-refractivity contribution in [2.75, 3.05) is 5.32 Å². The molecule has 27 heavy (non-hydrogen) atoms. The first-order chi connectivity index (χ1) is 12.9. The molecule has 3 aromatic rings. The third kappa shape index (κ3) is 5.06. The Labute approximate surface area is 153 Å². The molecule has 0 fully saturated rings. The van der Waals surface area contributed by atoms with Crippen LogP contribution in [-0.4, -0.2) is 20.9 Å². The number of hydrogen-bond acceptors (Lipinski definition) is 3. The van der Waals surface area contributed by atoms with Crippen molar-refractivity contribution in [1.29, 1.82) is 0 Å². The minimum Gasteiger partial charge on any atom is -0.370 e. The number of hydrogen-bond donors (Lipinski definition) is 1. The van der Waals surface area contributed by atoms with Gasteiger partial charge in [0.1, 0.15) is 24.5 Å². The van der Waals surface area contributed by atoms with Crippen molar-refractivity contribution in [3.63, 3.8) is 0 Å². The average Bonchev–Trinajstić information content (AvgIpc) is 3.14. The van der Waals surface area contributed by atoms with Crippen molar-refractivity contribution < 1.29 is 17.6 Å². The fourth-order valence-electron chi connectivity index (χ4n) is 2.79. The Morgan fingerprint density at radius 1 is 1.07 bits per heavy atom. The van der Waals surface area contributed by atoms with Gasteiger partial charge in [0.05, 0.1) is 0 Å². The number of nitrogens with one attached hydrogen (secondary N) is 1. The minimum absolute atomic E-state index is 0.0716. The molecule has 0 bridgehead atoms. The van der Waals surface area contributed by atoms with Crippen LogP contribution in [0.25, 0.3) is 0 Å². The van der Waals surface area contributed by atoms with Crippen LogP contribution in [-0.2, 0) is 13.0 Å². The first-order valence-corrected chi connectivity index (χ1v) is 8.42. The van der Waals surface area contributed by atoms with Crippen LogP contribution in [0.5, 0.6) is 0 Å². The summed E-state index contributed by atoms with van der Waals surface area (Å²) in [6.45, 7) is 0.587. The zero-order valence-electron chi connectivity index (χ0n) is 14.3. The molecule has 0 saturated heterocycles. The molecule has 1 aromatic heterocycles. The van der Waals surface area contributed by atoms with Crippen molar-refractivity contribution in [2.45, 2.75) is 31.6 Å². The zero-order chi connectivity index (χ0) is 19.3. The maximum atomic E-state index is 14.3. The summed E-state index contributed by atoms with van der Waals surface area (Å²) in [7, 11) is 0. The van der Waals surface area contributed by atoms with E-state index in [0.29, 0.717) is 24.9 Å². The molecule has 1 atom stereocenters. The molecule has 0 radical (unpaired) electrons. The van der Waals surface area contributed by atoms with Gasteiger partial charge in [-0.05, 0) is 36.1 Å². The van der Waals surface area contributed by atoms with Gasteiger partial charge in [0.2, 0.25) is 0 Å². The monoisotopic (exact) mass is 378 g/mol. The summed E-state index contributed by atoms with van der Waals surface area (Å²) in [4.78, 5) is 3.83. The fraction of sp³-hybridized carbons (Fsp3) is 0.263. The molecule has 0 amide bonds. The van der Waals surface area contributed by atoms with Crippen LogP contribution in [0.4, 0.5) is 23.2 Å². The van der Waals surface area contributed by atoms with Gasteiger partial charge < -0.3 is 5.32 Å². The smallest absolute Gasteiger partial charge is 0.370 e. The Bertz CT molecular complexity index is 848. The summed E-state index contributed by atoms with van der Waals surface area (Å²) in [6.07, 6.45) is -0.418. The first kappa shape index (κ1) is 18.9. The Hall–Kier alpha value is -2.90. The van der Waals surface area contributed by atoms with E-state index in [1.165, 1.54) is 42.7 Å². The molecule has 1 unspecified atom stereocenters.